The molecule has 0 aliphatic carbocycles. The zero-order valence-corrected chi connectivity index (χ0v) is 16.5. The third kappa shape index (κ3) is 4.37. The third-order valence-corrected chi connectivity index (χ3v) is 5.25. The van der Waals surface area contributed by atoms with Gasteiger partial charge in [-0.2, -0.15) is 0 Å². The predicted octanol–water partition coefficient (Wildman–Crippen LogP) is 3.57. The SMILES string of the molecule is Cc1ccc(N2C(=O)/C(=C\c3ccc(OCC(N)=O)cc3)SC2=S)c(C)c1. The number of nitrogens with zero attached hydrogens (tertiary/aromatic N) is 1. The Labute approximate surface area is 167 Å². The molecule has 1 heterocycles. The number of ether oxygens (including phenoxy) is 1. The highest BCUT2D eigenvalue weighted by molar-refractivity contribution is 8.27. The van der Waals surface area contributed by atoms with E-state index in [-0.39, 0.29) is 12.5 Å². The van der Waals surface area contributed by atoms with Crippen molar-refractivity contribution in [1.29, 1.82) is 0 Å². The van der Waals surface area contributed by atoms with Crippen LogP contribution in [0.2, 0.25) is 0 Å². The van der Waals surface area contributed by atoms with Gasteiger partial charge in [0.2, 0.25) is 0 Å². The first-order chi connectivity index (χ1) is 12.8. The van der Waals surface area contributed by atoms with Crippen LogP contribution >= 0.6 is 24.0 Å². The summed E-state index contributed by atoms with van der Waals surface area (Å²) in [6.45, 7) is 3.81. The van der Waals surface area contributed by atoms with E-state index in [1.54, 1.807) is 35.2 Å². The summed E-state index contributed by atoms with van der Waals surface area (Å²) < 4.78 is 5.75. The maximum atomic E-state index is 12.9. The molecular formula is C20H18N2O3S2. The number of hydrogen-bond acceptors (Lipinski definition) is 5. The predicted molar refractivity (Wildman–Crippen MR) is 113 cm³/mol. The maximum absolute atomic E-state index is 12.9. The second-order valence-corrected chi connectivity index (χ2v) is 7.81. The summed E-state index contributed by atoms with van der Waals surface area (Å²) in [5.74, 6) is -0.131. The Hall–Kier alpha value is -2.64. The van der Waals surface area contributed by atoms with Gasteiger partial charge in [0, 0.05) is 0 Å². The number of primary amides is 1. The van der Waals surface area contributed by atoms with Crippen molar-refractivity contribution >= 4 is 51.9 Å². The molecule has 3 rings (SSSR count). The number of thioether (sulfide) groups is 1. The highest BCUT2D eigenvalue weighted by Gasteiger charge is 2.33. The number of thiocarbonyl (C=S) groups is 1. The van der Waals surface area contributed by atoms with Crippen molar-refractivity contribution in [3.63, 3.8) is 0 Å². The monoisotopic (exact) mass is 398 g/mol. The molecule has 2 aromatic rings. The molecule has 7 heteroatoms. The Morgan fingerprint density at radius 2 is 1.93 bits per heavy atom. The van der Waals surface area contributed by atoms with E-state index in [0.29, 0.717) is 15.0 Å². The largest absolute Gasteiger partial charge is 0.484 e. The minimum atomic E-state index is -0.533. The minimum Gasteiger partial charge on any atom is -0.484 e. The van der Waals surface area contributed by atoms with Crippen LogP contribution in [0, 0.1) is 13.8 Å². The minimum absolute atomic E-state index is 0.133. The van der Waals surface area contributed by atoms with Crippen molar-refractivity contribution in [2.45, 2.75) is 13.8 Å². The van der Waals surface area contributed by atoms with Gasteiger partial charge < -0.3 is 10.5 Å². The number of nitrogens with two attached hydrogens (primary N) is 1. The summed E-state index contributed by atoms with van der Waals surface area (Å²) >= 11 is 6.71. The van der Waals surface area contributed by atoms with Crippen molar-refractivity contribution in [1.82, 2.24) is 0 Å². The standard InChI is InChI=1S/C20H18N2O3S2/c1-12-3-8-16(13(2)9-12)22-19(24)17(27-20(22)26)10-14-4-6-15(7-5-14)25-11-18(21)23/h3-10H,11H2,1-2H3,(H2,21,23)/b17-10+. The topological polar surface area (TPSA) is 72.6 Å². The molecule has 0 unspecified atom stereocenters. The van der Waals surface area contributed by atoms with Crippen LogP contribution in [0.3, 0.4) is 0 Å². The molecule has 5 nitrogen and oxygen atoms in total. The highest BCUT2D eigenvalue weighted by Crippen LogP contribution is 2.37. The molecule has 0 aromatic heterocycles. The molecule has 1 aliphatic heterocycles. The molecule has 0 radical (unpaired) electrons. The summed E-state index contributed by atoms with van der Waals surface area (Å²) in [4.78, 5) is 25.8. The summed E-state index contributed by atoms with van der Waals surface area (Å²) in [7, 11) is 0. The molecule has 1 aliphatic rings. The van der Waals surface area contributed by atoms with E-state index in [0.717, 1.165) is 22.4 Å². The lowest BCUT2D eigenvalue weighted by Crippen LogP contribution is -2.28. The second kappa shape index (κ2) is 7.94. The van der Waals surface area contributed by atoms with Gasteiger partial charge in [0.25, 0.3) is 11.8 Å². The van der Waals surface area contributed by atoms with Crippen LogP contribution in [0.1, 0.15) is 16.7 Å². The van der Waals surface area contributed by atoms with E-state index in [1.807, 2.05) is 32.0 Å². The number of amides is 2. The normalized spacial score (nSPS) is 15.5. The number of rotatable bonds is 5. The van der Waals surface area contributed by atoms with Gasteiger partial charge in [-0.15, -0.1) is 0 Å². The number of aryl methyl sites for hydroxylation is 2. The Bertz CT molecular complexity index is 952. The van der Waals surface area contributed by atoms with Crippen molar-refractivity contribution in [2.75, 3.05) is 11.5 Å². The number of carbonyl (C=O) groups excluding carboxylic acids is 2. The van der Waals surface area contributed by atoms with Gasteiger partial charge in [-0.25, -0.2) is 0 Å². The lowest BCUT2D eigenvalue weighted by Gasteiger charge is -2.17. The molecule has 2 aromatic carbocycles. The van der Waals surface area contributed by atoms with Crippen LogP contribution in [0.15, 0.2) is 47.4 Å². The molecule has 0 atom stereocenters. The van der Waals surface area contributed by atoms with Crippen LogP contribution in [0.25, 0.3) is 6.08 Å². The van der Waals surface area contributed by atoms with Gasteiger partial charge in [0.1, 0.15) is 5.75 Å². The van der Waals surface area contributed by atoms with Gasteiger partial charge >= 0.3 is 0 Å². The molecule has 0 bridgehead atoms. The van der Waals surface area contributed by atoms with Crippen LogP contribution in [0.5, 0.6) is 5.75 Å². The first-order valence-corrected chi connectivity index (χ1v) is 9.44. The van der Waals surface area contributed by atoms with Crippen LogP contribution in [-0.4, -0.2) is 22.7 Å². The maximum Gasteiger partial charge on any atom is 0.270 e. The fraction of sp³-hybridized carbons (Fsp3) is 0.150. The van der Waals surface area contributed by atoms with Gasteiger partial charge in [0.05, 0.1) is 10.6 Å². The third-order valence-electron chi connectivity index (χ3n) is 3.95. The van der Waals surface area contributed by atoms with E-state index in [9.17, 15) is 9.59 Å². The molecule has 0 saturated carbocycles. The van der Waals surface area contributed by atoms with Crippen molar-refractivity contribution in [2.24, 2.45) is 5.73 Å². The molecular weight excluding hydrogens is 380 g/mol. The molecule has 2 amide bonds. The fourth-order valence-corrected chi connectivity index (χ4v) is 3.98. The first-order valence-electron chi connectivity index (χ1n) is 8.21. The number of carbonyl (C=O) groups is 2. The molecule has 138 valence electrons. The number of anilines is 1. The molecule has 0 spiro atoms. The Balaban J connectivity index is 1.81. The van der Waals surface area contributed by atoms with Crippen molar-refractivity contribution in [3.05, 3.63) is 64.1 Å². The lowest BCUT2D eigenvalue weighted by molar-refractivity contribution is -0.120. The quantitative estimate of drug-likeness (QED) is 0.616. The molecule has 27 heavy (non-hydrogen) atoms. The number of hydrogen-bond donors (Lipinski definition) is 1. The Morgan fingerprint density at radius 1 is 1.22 bits per heavy atom. The van der Waals surface area contributed by atoms with Gasteiger partial charge in [-0.1, -0.05) is 53.8 Å². The lowest BCUT2D eigenvalue weighted by atomic mass is 10.1. The molecule has 1 fully saturated rings. The smallest absolute Gasteiger partial charge is 0.270 e. The van der Waals surface area contributed by atoms with E-state index in [2.05, 4.69) is 0 Å². The average Bonchev–Trinajstić information content (AvgIpc) is 2.88. The van der Waals surface area contributed by atoms with Crippen molar-refractivity contribution < 1.29 is 14.3 Å². The van der Waals surface area contributed by atoms with Gasteiger partial charge in [-0.3, -0.25) is 14.5 Å². The van der Waals surface area contributed by atoms with E-state index in [1.165, 1.54) is 11.8 Å². The van der Waals surface area contributed by atoms with E-state index in [4.69, 9.17) is 22.7 Å². The zero-order chi connectivity index (χ0) is 19.6. The van der Waals surface area contributed by atoms with Crippen LogP contribution < -0.4 is 15.4 Å². The highest BCUT2D eigenvalue weighted by atomic mass is 32.2. The van der Waals surface area contributed by atoms with Crippen LogP contribution in [-0.2, 0) is 9.59 Å². The van der Waals surface area contributed by atoms with Crippen LogP contribution in [0.4, 0.5) is 5.69 Å². The van der Waals surface area contributed by atoms with Gasteiger partial charge in [-0.05, 0) is 49.2 Å². The zero-order valence-electron chi connectivity index (χ0n) is 14.9. The second-order valence-electron chi connectivity index (χ2n) is 6.13. The number of benzene rings is 2. The first kappa shape index (κ1) is 19.1. The average molecular weight is 399 g/mol. The summed E-state index contributed by atoms with van der Waals surface area (Å²) in [5.41, 5.74) is 8.84. The summed E-state index contributed by atoms with van der Waals surface area (Å²) in [6, 6.07) is 13.0. The van der Waals surface area contributed by atoms with E-state index < -0.39 is 5.91 Å². The Morgan fingerprint density at radius 3 is 2.56 bits per heavy atom. The fourth-order valence-electron chi connectivity index (χ4n) is 2.70. The van der Waals surface area contributed by atoms with E-state index >= 15 is 0 Å². The van der Waals surface area contributed by atoms with Gasteiger partial charge in [0.15, 0.2) is 10.9 Å². The molecule has 1 saturated heterocycles. The Kier molecular flexibility index (Phi) is 5.62. The van der Waals surface area contributed by atoms with Crippen molar-refractivity contribution in [3.8, 4) is 5.75 Å². The summed E-state index contributed by atoms with van der Waals surface area (Å²) in [6.07, 6.45) is 1.79. The molecule has 2 N–H and O–H groups in total. The summed E-state index contributed by atoms with van der Waals surface area (Å²) in [5, 5.41) is 0.